The van der Waals surface area contributed by atoms with Gasteiger partial charge in [0.15, 0.2) is 6.04 Å². The molecular formula is C10H10N2O3. The summed E-state index contributed by atoms with van der Waals surface area (Å²) in [6, 6.07) is 8.09. The van der Waals surface area contributed by atoms with Gasteiger partial charge in [0, 0.05) is 0 Å². The van der Waals surface area contributed by atoms with Crippen LogP contribution in [0, 0.1) is 0 Å². The van der Waals surface area contributed by atoms with Crippen LogP contribution in [0.4, 0.5) is 5.69 Å². The highest BCUT2D eigenvalue weighted by Crippen LogP contribution is 2.20. The standard InChI is InChI=1S/C10H10N2O3/c13-9-6-8(10(14)15)12(11-9)7-4-2-1-3-5-7/h1-5,8H,6H2,(H,11,13)(H,14,15). The normalized spacial score (nSPS) is 20.1. The van der Waals surface area contributed by atoms with Crippen molar-refractivity contribution in [2.75, 3.05) is 5.01 Å². The molecule has 15 heavy (non-hydrogen) atoms. The lowest BCUT2D eigenvalue weighted by Gasteiger charge is -2.22. The van der Waals surface area contributed by atoms with Crippen molar-refractivity contribution in [3.8, 4) is 0 Å². The minimum absolute atomic E-state index is 0.00969. The molecule has 0 spiro atoms. The van der Waals surface area contributed by atoms with Crippen molar-refractivity contribution in [1.29, 1.82) is 0 Å². The highest BCUT2D eigenvalue weighted by molar-refractivity contribution is 5.92. The van der Waals surface area contributed by atoms with E-state index in [1.165, 1.54) is 5.01 Å². The second kappa shape index (κ2) is 3.61. The Morgan fingerprint density at radius 1 is 1.40 bits per heavy atom. The molecule has 1 unspecified atom stereocenters. The molecule has 1 saturated heterocycles. The van der Waals surface area contributed by atoms with Gasteiger partial charge in [-0.25, -0.2) is 4.79 Å². The Balaban J connectivity index is 2.28. The summed E-state index contributed by atoms with van der Waals surface area (Å²) < 4.78 is 0. The van der Waals surface area contributed by atoms with E-state index in [4.69, 9.17) is 5.11 Å². The molecule has 0 saturated carbocycles. The number of carbonyl (C=O) groups is 2. The minimum atomic E-state index is -1.00. The average Bonchev–Trinajstić information content (AvgIpc) is 2.62. The van der Waals surface area contributed by atoms with Gasteiger partial charge in [-0.05, 0) is 12.1 Å². The van der Waals surface area contributed by atoms with Gasteiger partial charge >= 0.3 is 5.97 Å². The zero-order valence-electron chi connectivity index (χ0n) is 7.88. The first-order valence-electron chi connectivity index (χ1n) is 4.55. The van der Waals surface area contributed by atoms with Gasteiger partial charge in [-0.3, -0.25) is 15.2 Å². The van der Waals surface area contributed by atoms with Gasteiger partial charge in [0.25, 0.3) is 0 Å². The maximum atomic E-state index is 11.1. The zero-order valence-corrected chi connectivity index (χ0v) is 7.88. The van der Waals surface area contributed by atoms with E-state index in [1.54, 1.807) is 24.3 Å². The summed E-state index contributed by atoms with van der Waals surface area (Å²) >= 11 is 0. The smallest absolute Gasteiger partial charge is 0.328 e. The lowest BCUT2D eigenvalue weighted by atomic mass is 10.2. The Morgan fingerprint density at radius 3 is 2.67 bits per heavy atom. The van der Waals surface area contributed by atoms with Gasteiger partial charge in [-0.2, -0.15) is 0 Å². The number of benzene rings is 1. The third-order valence-corrected chi connectivity index (χ3v) is 2.25. The molecule has 0 bridgehead atoms. The van der Waals surface area contributed by atoms with Crippen molar-refractivity contribution in [2.45, 2.75) is 12.5 Å². The van der Waals surface area contributed by atoms with E-state index in [-0.39, 0.29) is 12.3 Å². The van der Waals surface area contributed by atoms with Crippen LogP contribution in [-0.2, 0) is 9.59 Å². The number of hydrogen-bond donors (Lipinski definition) is 2. The SMILES string of the molecule is O=C1CC(C(=O)O)N(c2ccccc2)N1. The number of hydrogen-bond acceptors (Lipinski definition) is 3. The van der Waals surface area contributed by atoms with Crippen molar-refractivity contribution in [2.24, 2.45) is 0 Å². The van der Waals surface area contributed by atoms with E-state index in [9.17, 15) is 9.59 Å². The first kappa shape index (κ1) is 9.51. The Bertz CT molecular complexity index is 391. The van der Waals surface area contributed by atoms with Gasteiger partial charge in [0.05, 0.1) is 12.1 Å². The topological polar surface area (TPSA) is 69.6 Å². The molecule has 0 aromatic heterocycles. The summed E-state index contributed by atoms with van der Waals surface area (Å²) in [6.07, 6.45) is -0.00969. The molecule has 2 N–H and O–H groups in total. The van der Waals surface area contributed by atoms with Crippen LogP contribution in [0.15, 0.2) is 30.3 Å². The Kier molecular flexibility index (Phi) is 2.29. The molecule has 2 rings (SSSR count). The predicted molar refractivity (Wildman–Crippen MR) is 53.1 cm³/mol. The molecule has 5 heteroatoms. The van der Waals surface area contributed by atoms with E-state index >= 15 is 0 Å². The molecule has 0 aliphatic carbocycles. The number of nitrogens with zero attached hydrogens (tertiary/aromatic N) is 1. The summed E-state index contributed by atoms with van der Waals surface area (Å²) in [7, 11) is 0. The third kappa shape index (κ3) is 1.76. The fraction of sp³-hybridized carbons (Fsp3) is 0.200. The predicted octanol–water partition coefficient (Wildman–Crippen LogP) is 0.381. The summed E-state index contributed by atoms with van der Waals surface area (Å²) in [5.41, 5.74) is 3.19. The quantitative estimate of drug-likeness (QED) is 0.734. The molecule has 1 aromatic carbocycles. The minimum Gasteiger partial charge on any atom is -0.480 e. The summed E-state index contributed by atoms with van der Waals surface area (Å²) in [5.74, 6) is -1.27. The van der Waals surface area contributed by atoms with Gasteiger partial charge in [0.1, 0.15) is 0 Å². The number of carboxylic acid groups (broad SMARTS) is 1. The molecule has 1 fully saturated rings. The van der Waals surface area contributed by atoms with E-state index in [2.05, 4.69) is 5.43 Å². The second-order valence-electron chi connectivity index (χ2n) is 3.30. The number of para-hydroxylation sites is 1. The first-order chi connectivity index (χ1) is 7.18. The number of nitrogens with one attached hydrogen (secondary N) is 1. The number of rotatable bonds is 2. The maximum absolute atomic E-state index is 11.1. The number of hydrazine groups is 1. The molecule has 78 valence electrons. The van der Waals surface area contributed by atoms with Crippen LogP contribution in [0.1, 0.15) is 6.42 Å². The molecule has 1 aliphatic heterocycles. The van der Waals surface area contributed by atoms with Crippen LogP contribution >= 0.6 is 0 Å². The van der Waals surface area contributed by atoms with Crippen molar-refractivity contribution >= 4 is 17.6 Å². The largest absolute Gasteiger partial charge is 0.480 e. The van der Waals surface area contributed by atoms with Crippen LogP contribution in [0.5, 0.6) is 0 Å². The maximum Gasteiger partial charge on any atom is 0.328 e. The van der Waals surface area contributed by atoms with Gasteiger partial charge in [-0.15, -0.1) is 0 Å². The van der Waals surface area contributed by atoms with Crippen LogP contribution in [0.2, 0.25) is 0 Å². The van der Waals surface area contributed by atoms with E-state index in [0.717, 1.165) is 0 Å². The highest BCUT2D eigenvalue weighted by atomic mass is 16.4. The van der Waals surface area contributed by atoms with Gasteiger partial charge < -0.3 is 5.11 Å². The van der Waals surface area contributed by atoms with Crippen LogP contribution in [0.25, 0.3) is 0 Å². The molecule has 1 heterocycles. The van der Waals surface area contributed by atoms with Crippen molar-refractivity contribution in [3.05, 3.63) is 30.3 Å². The highest BCUT2D eigenvalue weighted by Gasteiger charge is 2.35. The number of carboxylic acids is 1. The van der Waals surface area contributed by atoms with Crippen LogP contribution in [0.3, 0.4) is 0 Å². The zero-order chi connectivity index (χ0) is 10.8. The van der Waals surface area contributed by atoms with Crippen LogP contribution in [-0.4, -0.2) is 23.0 Å². The number of amides is 1. The van der Waals surface area contributed by atoms with Crippen molar-refractivity contribution < 1.29 is 14.7 Å². The second-order valence-corrected chi connectivity index (χ2v) is 3.30. The average molecular weight is 206 g/mol. The number of aliphatic carboxylic acids is 1. The van der Waals surface area contributed by atoms with E-state index in [0.29, 0.717) is 5.69 Å². The molecule has 5 nitrogen and oxygen atoms in total. The molecule has 0 radical (unpaired) electrons. The number of carbonyl (C=O) groups excluding carboxylic acids is 1. The fourth-order valence-electron chi connectivity index (χ4n) is 1.56. The monoisotopic (exact) mass is 206 g/mol. The van der Waals surface area contributed by atoms with Crippen molar-refractivity contribution in [3.63, 3.8) is 0 Å². The Hall–Kier alpha value is -2.04. The number of anilines is 1. The summed E-state index contributed by atoms with van der Waals surface area (Å²) in [5, 5.41) is 10.3. The Morgan fingerprint density at radius 2 is 2.07 bits per heavy atom. The third-order valence-electron chi connectivity index (χ3n) is 2.25. The lowest BCUT2D eigenvalue weighted by Crippen LogP contribution is -2.42. The van der Waals surface area contributed by atoms with Crippen molar-refractivity contribution in [1.82, 2.24) is 5.43 Å². The Labute approximate surface area is 86.3 Å². The summed E-state index contributed by atoms with van der Waals surface area (Å²) in [4.78, 5) is 22.0. The van der Waals surface area contributed by atoms with Gasteiger partial charge in [-0.1, -0.05) is 18.2 Å². The molecular weight excluding hydrogens is 196 g/mol. The molecule has 1 aromatic rings. The first-order valence-corrected chi connectivity index (χ1v) is 4.55. The van der Waals surface area contributed by atoms with Crippen LogP contribution < -0.4 is 10.4 Å². The summed E-state index contributed by atoms with van der Waals surface area (Å²) in [6.45, 7) is 0. The molecule has 1 aliphatic rings. The molecule has 1 atom stereocenters. The van der Waals surface area contributed by atoms with Gasteiger partial charge in [0.2, 0.25) is 5.91 Å². The molecule has 1 amide bonds. The van der Waals surface area contributed by atoms with E-state index < -0.39 is 12.0 Å². The fourth-order valence-corrected chi connectivity index (χ4v) is 1.56. The lowest BCUT2D eigenvalue weighted by molar-refractivity contribution is -0.138. The van der Waals surface area contributed by atoms with E-state index in [1.807, 2.05) is 6.07 Å².